The van der Waals surface area contributed by atoms with Crippen LogP contribution in [0.5, 0.6) is 0 Å². The Balaban J connectivity index is 2.80. The van der Waals surface area contributed by atoms with Crippen LogP contribution < -0.4 is 5.73 Å². The van der Waals surface area contributed by atoms with Crippen molar-refractivity contribution >= 4 is 5.97 Å². The van der Waals surface area contributed by atoms with E-state index in [0.717, 1.165) is 0 Å². The predicted molar refractivity (Wildman–Crippen MR) is 46.1 cm³/mol. The number of hydrogen-bond acceptors (Lipinski definition) is 3. The topological polar surface area (TPSA) is 52.3 Å². The third kappa shape index (κ3) is 1.99. The smallest absolute Gasteiger partial charge is 0.334 e. The average molecular weight is 165 g/mol. The zero-order valence-corrected chi connectivity index (χ0v) is 6.91. The maximum atomic E-state index is 11.1. The van der Waals surface area contributed by atoms with Crippen molar-refractivity contribution in [2.75, 3.05) is 7.11 Å². The number of ether oxygens (including phenoxy) is 1. The fourth-order valence-corrected chi connectivity index (χ4v) is 0.960. The Bertz CT molecular complexity index is 274. The summed E-state index contributed by atoms with van der Waals surface area (Å²) in [5.41, 5.74) is 6.83. The Hall–Kier alpha value is -1.51. The first-order chi connectivity index (χ1) is 5.74. The van der Waals surface area contributed by atoms with E-state index in [2.05, 4.69) is 4.74 Å². The van der Waals surface area contributed by atoms with Crippen LogP contribution in [0.3, 0.4) is 0 Å². The maximum absolute atomic E-state index is 11.1. The van der Waals surface area contributed by atoms with Crippen molar-refractivity contribution in [3.05, 3.63) is 35.6 Å². The molecule has 2 N–H and O–H groups in total. The van der Waals surface area contributed by atoms with Gasteiger partial charge in [-0.25, -0.2) is 4.79 Å². The number of hydrogen-bond donors (Lipinski definition) is 1. The Morgan fingerprint density at radius 3 is 2.83 bits per heavy atom. The van der Waals surface area contributed by atoms with Crippen molar-refractivity contribution in [3.63, 3.8) is 0 Å². The number of nitrogens with two attached hydrogens (primary N) is 1. The summed E-state index contributed by atoms with van der Waals surface area (Å²) in [5.74, 6) is -0.321. The zero-order valence-electron chi connectivity index (χ0n) is 6.91. The molecule has 3 heteroatoms. The van der Waals surface area contributed by atoms with Crippen molar-refractivity contribution in [2.24, 2.45) is 5.73 Å². The first kappa shape index (κ1) is 8.59. The molecule has 0 aromatic rings. The zero-order chi connectivity index (χ0) is 8.97. The summed E-state index contributed by atoms with van der Waals surface area (Å²) < 4.78 is 4.57. The van der Waals surface area contributed by atoms with Crippen molar-refractivity contribution in [1.82, 2.24) is 0 Å². The van der Waals surface area contributed by atoms with Gasteiger partial charge in [-0.05, 0) is 6.08 Å². The minimum Gasteiger partial charge on any atom is -0.466 e. The molecular weight excluding hydrogens is 154 g/mol. The van der Waals surface area contributed by atoms with E-state index in [1.165, 1.54) is 7.11 Å². The minimum atomic E-state index is -0.321. The summed E-state index contributed by atoms with van der Waals surface area (Å²) in [7, 11) is 1.36. The second kappa shape index (κ2) is 3.76. The highest BCUT2D eigenvalue weighted by atomic mass is 16.5. The maximum Gasteiger partial charge on any atom is 0.334 e. The molecule has 0 aromatic carbocycles. The molecule has 1 rings (SSSR count). The van der Waals surface area contributed by atoms with E-state index < -0.39 is 0 Å². The van der Waals surface area contributed by atoms with Crippen molar-refractivity contribution in [3.8, 4) is 0 Å². The van der Waals surface area contributed by atoms with Crippen LogP contribution in [0.25, 0.3) is 0 Å². The molecule has 0 amide bonds. The Morgan fingerprint density at radius 1 is 1.50 bits per heavy atom. The van der Waals surface area contributed by atoms with Crippen LogP contribution in [0.15, 0.2) is 35.6 Å². The SMILES string of the molecule is COC(=O)C1=CC=CC=C(N)C1. The number of rotatable bonds is 1. The summed E-state index contributed by atoms with van der Waals surface area (Å²) in [5, 5.41) is 0. The summed E-state index contributed by atoms with van der Waals surface area (Å²) in [6.45, 7) is 0. The molecule has 0 radical (unpaired) electrons. The third-order valence-electron chi connectivity index (χ3n) is 1.56. The van der Waals surface area contributed by atoms with E-state index in [0.29, 0.717) is 17.7 Å². The van der Waals surface area contributed by atoms with Crippen molar-refractivity contribution in [2.45, 2.75) is 6.42 Å². The van der Waals surface area contributed by atoms with Gasteiger partial charge in [0.25, 0.3) is 0 Å². The van der Waals surface area contributed by atoms with Crippen molar-refractivity contribution < 1.29 is 9.53 Å². The fourth-order valence-electron chi connectivity index (χ4n) is 0.960. The lowest BCUT2D eigenvalue weighted by molar-refractivity contribution is -0.136. The molecule has 0 unspecified atom stereocenters. The van der Waals surface area contributed by atoms with Gasteiger partial charge < -0.3 is 10.5 Å². The normalized spacial score (nSPS) is 16.1. The van der Waals surface area contributed by atoms with Crippen LogP contribution in [-0.4, -0.2) is 13.1 Å². The quantitative estimate of drug-likeness (QED) is 0.587. The lowest BCUT2D eigenvalue weighted by Crippen LogP contribution is -2.08. The lowest BCUT2D eigenvalue weighted by atomic mass is 10.1. The lowest BCUT2D eigenvalue weighted by Gasteiger charge is -2.02. The van der Waals surface area contributed by atoms with E-state index in [1.807, 2.05) is 0 Å². The van der Waals surface area contributed by atoms with Gasteiger partial charge in [0.2, 0.25) is 0 Å². The molecule has 0 atom stereocenters. The standard InChI is InChI=1S/C9H11NO2/c1-12-9(11)7-4-2-3-5-8(10)6-7/h2-5H,6,10H2,1H3. The van der Waals surface area contributed by atoms with E-state index in [-0.39, 0.29) is 5.97 Å². The molecule has 3 nitrogen and oxygen atoms in total. The molecule has 0 heterocycles. The van der Waals surface area contributed by atoms with E-state index >= 15 is 0 Å². The summed E-state index contributed by atoms with van der Waals surface area (Å²) in [6.07, 6.45) is 7.51. The van der Waals surface area contributed by atoms with Gasteiger partial charge in [0.05, 0.1) is 7.11 Å². The molecule has 0 aromatic heterocycles. The van der Waals surface area contributed by atoms with Gasteiger partial charge in [-0.15, -0.1) is 0 Å². The van der Waals surface area contributed by atoms with E-state index in [1.54, 1.807) is 24.3 Å². The fraction of sp³-hybridized carbons (Fsp3) is 0.222. The summed E-state index contributed by atoms with van der Waals surface area (Å²) in [6, 6.07) is 0. The first-order valence-corrected chi connectivity index (χ1v) is 3.64. The second-order valence-electron chi connectivity index (χ2n) is 2.49. The van der Waals surface area contributed by atoms with Gasteiger partial charge in [-0.3, -0.25) is 0 Å². The minimum absolute atomic E-state index is 0.321. The molecule has 0 saturated heterocycles. The van der Waals surface area contributed by atoms with Gasteiger partial charge >= 0.3 is 5.97 Å². The van der Waals surface area contributed by atoms with Gasteiger partial charge in [0.15, 0.2) is 0 Å². The number of methoxy groups -OCH3 is 1. The van der Waals surface area contributed by atoms with Gasteiger partial charge in [0, 0.05) is 17.7 Å². The molecule has 1 aliphatic carbocycles. The molecule has 0 spiro atoms. The van der Waals surface area contributed by atoms with E-state index in [9.17, 15) is 4.79 Å². The van der Waals surface area contributed by atoms with Crippen LogP contribution in [0.1, 0.15) is 6.42 Å². The van der Waals surface area contributed by atoms with Gasteiger partial charge in [-0.1, -0.05) is 18.2 Å². The van der Waals surface area contributed by atoms with E-state index in [4.69, 9.17) is 5.73 Å². The largest absolute Gasteiger partial charge is 0.466 e. The highest BCUT2D eigenvalue weighted by Gasteiger charge is 2.10. The van der Waals surface area contributed by atoms with Crippen LogP contribution in [0, 0.1) is 0 Å². The second-order valence-corrected chi connectivity index (χ2v) is 2.49. The van der Waals surface area contributed by atoms with Crippen LogP contribution >= 0.6 is 0 Å². The molecular formula is C9H11NO2. The number of allylic oxidation sites excluding steroid dienone is 5. The van der Waals surface area contributed by atoms with Crippen molar-refractivity contribution in [1.29, 1.82) is 0 Å². The Kier molecular flexibility index (Phi) is 2.69. The van der Waals surface area contributed by atoms with Crippen LogP contribution in [-0.2, 0) is 9.53 Å². The predicted octanol–water partition coefficient (Wildman–Crippen LogP) is 0.888. The summed E-state index contributed by atoms with van der Waals surface area (Å²) >= 11 is 0. The van der Waals surface area contributed by atoms with Crippen LogP contribution in [0.2, 0.25) is 0 Å². The molecule has 0 aliphatic heterocycles. The molecule has 64 valence electrons. The third-order valence-corrected chi connectivity index (χ3v) is 1.56. The monoisotopic (exact) mass is 165 g/mol. The molecule has 1 aliphatic rings. The molecule has 0 bridgehead atoms. The summed E-state index contributed by atoms with van der Waals surface area (Å²) in [4.78, 5) is 11.1. The first-order valence-electron chi connectivity index (χ1n) is 3.64. The van der Waals surface area contributed by atoms with Crippen LogP contribution in [0.4, 0.5) is 0 Å². The molecule has 0 fully saturated rings. The highest BCUT2D eigenvalue weighted by Crippen LogP contribution is 2.11. The highest BCUT2D eigenvalue weighted by molar-refractivity contribution is 5.89. The molecule has 0 saturated carbocycles. The number of carbonyl (C=O) groups excluding carboxylic acids is 1. The van der Waals surface area contributed by atoms with Gasteiger partial charge in [0.1, 0.15) is 0 Å². The average Bonchev–Trinajstić information content (AvgIpc) is 2.28. The number of carbonyl (C=O) groups is 1. The number of esters is 1. The van der Waals surface area contributed by atoms with Gasteiger partial charge in [-0.2, -0.15) is 0 Å². The molecule has 12 heavy (non-hydrogen) atoms. The Labute approximate surface area is 71.2 Å². The Morgan fingerprint density at radius 2 is 2.17 bits per heavy atom.